The average Bonchev–Trinajstić information content (AvgIpc) is 2.77. The fourth-order valence-corrected chi connectivity index (χ4v) is 4.12. The normalized spacial score (nSPS) is 13.5. The van der Waals surface area contributed by atoms with Crippen molar-refractivity contribution in [2.24, 2.45) is 0 Å². The zero-order chi connectivity index (χ0) is 21.6. The predicted octanol–water partition coefficient (Wildman–Crippen LogP) is 4.53. The van der Waals surface area contributed by atoms with E-state index in [9.17, 15) is 9.90 Å². The summed E-state index contributed by atoms with van der Waals surface area (Å²) in [6, 6.07) is 21.4. The molecular formula is C26H28N2O3. The number of aromatic hydroxyl groups is 1. The van der Waals surface area contributed by atoms with Gasteiger partial charge in [-0.3, -0.25) is 9.69 Å². The van der Waals surface area contributed by atoms with Crippen LogP contribution in [0.5, 0.6) is 11.5 Å². The number of phenolic OH excluding ortho intramolecular Hbond substituents is 1. The summed E-state index contributed by atoms with van der Waals surface area (Å²) in [5, 5.41) is 12.7. The van der Waals surface area contributed by atoms with Gasteiger partial charge in [-0.05, 0) is 65.4 Å². The number of methoxy groups -OCH3 is 1. The first-order chi connectivity index (χ1) is 15.1. The van der Waals surface area contributed by atoms with Gasteiger partial charge in [0.05, 0.1) is 7.11 Å². The minimum atomic E-state index is -0.00159. The Morgan fingerprint density at radius 3 is 2.77 bits per heavy atom. The molecule has 4 rings (SSSR count). The number of nitrogens with zero attached hydrogens (tertiary/aromatic N) is 1. The minimum absolute atomic E-state index is 0.00159. The van der Waals surface area contributed by atoms with Gasteiger partial charge in [-0.15, -0.1) is 0 Å². The molecule has 5 nitrogen and oxygen atoms in total. The number of carbonyl (C=O) groups excluding carboxylic acids is 1. The number of nitrogens with one attached hydrogen (secondary N) is 1. The Morgan fingerprint density at radius 1 is 1.06 bits per heavy atom. The molecule has 0 aliphatic carbocycles. The second-order valence-electron chi connectivity index (χ2n) is 7.97. The number of para-hydroxylation sites is 1. The molecular weight excluding hydrogens is 388 g/mol. The summed E-state index contributed by atoms with van der Waals surface area (Å²) in [4.78, 5) is 14.9. The number of aryl methyl sites for hydroxylation is 1. The summed E-state index contributed by atoms with van der Waals surface area (Å²) in [6.45, 7) is 2.60. The quantitative estimate of drug-likeness (QED) is 0.594. The highest BCUT2D eigenvalue weighted by molar-refractivity contribution is 5.91. The van der Waals surface area contributed by atoms with Crippen LogP contribution in [0, 0.1) is 0 Å². The molecule has 1 aliphatic heterocycles. The maximum Gasteiger partial charge on any atom is 0.224 e. The van der Waals surface area contributed by atoms with Crippen LogP contribution in [0.4, 0.5) is 5.69 Å². The summed E-state index contributed by atoms with van der Waals surface area (Å²) >= 11 is 0. The molecule has 0 saturated carbocycles. The van der Waals surface area contributed by atoms with Crippen LogP contribution in [0.3, 0.4) is 0 Å². The van der Waals surface area contributed by atoms with Gasteiger partial charge in [-0.25, -0.2) is 0 Å². The standard InChI is InChI=1S/C26H28N2O3/c1-31-25-8-3-2-6-21(25)10-12-26(30)27-23-11-9-20-13-14-28(18-22(20)16-23)17-19-5-4-7-24(29)15-19/h2-9,11,15-16,29H,10,12-14,17-18H2,1H3,(H,27,30). The van der Waals surface area contributed by atoms with Gasteiger partial charge >= 0.3 is 0 Å². The van der Waals surface area contributed by atoms with Crippen molar-refractivity contribution in [2.45, 2.75) is 32.4 Å². The summed E-state index contributed by atoms with van der Waals surface area (Å²) in [7, 11) is 1.65. The first-order valence-corrected chi connectivity index (χ1v) is 10.6. The van der Waals surface area contributed by atoms with E-state index in [1.54, 1.807) is 13.2 Å². The SMILES string of the molecule is COc1ccccc1CCC(=O)Nc1ccc2c(c1)CN(Cc1cccc(O)c1)CC2. The molecule has 0 aromatic heterocycles. The van der Waals surface area contributed by atoms with Crippen molar-refractivity contribution in [1.82, 2.24) is 4.90 Å². The van der Waals surface area contributed by atoms with Crippen LogP contribution in [-0.4, -0.2) is 29.6 Å². The number of anilines is 1. The molecule has 1 amide bonds. The maximum atomic E-state index is 12.5. The molecule has 0 fully saturated rings. The number of hydrogen-bond donors (Lipinski definition) is 2. The molecule has 31 heavy (non-hydrogen) atoms. The van der Waals surface area contributed by atoms with Gasteiger partial charge in [-0.1, -0.05) is 36.4 Å². The minimum Gasteiger partial charge on any atom is -0.508 e. The van der Waals surface area contributed by atoms with E-state index < -0.39 is 0 Å². The van der Waals surface area contributed by atoms with Crippen molar-refractivity contribution in [3.63, 3.8) is 0 Å². The number of hydrogen-bond acceptors (Lipinski definition) is 4. The van der Waals surface area contributed by atoms with E-state index in [2.05, 4.69) is 22.3 Å². The van der Waals surface area contributed by atoms with E-state index in [0.717, 1.165) is 48.6 Å². The number of phenols is 1. The lowest BCUT2D eigenvalue weighted by Gasteiger charge is -2.29. The molecule has 1 aliphatic rings. The van der Waals surface area contributed by atoms with Gasteiger partial charge < -0.3 is 15.2 Å². The second-order valence-corrected chi connectivity index (χ2v) is 7.97. The third-order valence-corrected chi connectivity index (χ3v) is 5.71. The Labute approximate surface area is 183 Å². The average molecular weight is 417 g/mol. The van der Waals surface area contributed by atoms with E-state index >= 15 is 0 Å². The first kappa shape index (κ1) is 20.9. The van der Waals surface area contributed by atoms with Crippen LogP contribution in [0.2, 0.25) is 0 Å². The van der Waals surface area contributed by atoms with Crippen LogP contribution in [0.25, 0.3) is 0 Å². The largest absolute Gasteiger partial charge is 0.508 e. The molecule has 3 aromatic carbocycles. The van der Waals surface area contributed by atoms with Crippen LogP contribution >= 0.6 is 0 Å². The molecule has 0 bridgehead atoms. The topological polar surface area (TPSA) is 61.8 Å². The fraction of sp³-hybridized carbons (Fsp3) is 0.269. The molecule has 1 heterocycles. The molecule has 5 heteroatoms. The zero-order valence-electron chi connectivity index (χ0n) is 17.8. The fourth-order valence-electron chi connectivity index (χ4n) is 4.12. The first-order valence-electron chi connectivity index (χ1n) is 10.6. The van der Waals surface area contributed by atoms with Gasteiger partial charge in [0.2, 0.25) is 5.91 Å². The molecule has 2 N–H and O–H groups in total. The summed E-state index contributed by atoms with van der Waals surface area (Å²) in [5.74, 6) is 1.11. The van der Waals surface area contributed by atoms with Gasteiger partial charge in [0, 0.05) is 31.7 Å². The number of amides is 1. The maximum absolute atomic E-state index is 12.5. The van der Waals surface area contributed by atoms with Crippen LogP contribution in [-0.2, 0) is 30.7 Å². The Bertz CT molecular complexity index is 1060. The highest BCUT2D eigenvalue weighted by Crippen LogP contribution is 2.25. The highest BCUT2D eigenvalue weighted by atomic mass is 16.5. The Kier molecular flexibility index (Phi) is 6.53. The zero-order valence-corrected chi connectivity index (χ0v) is 17.8. The Balaban J connectivity index is 1.36. The van der Waals surface area contributed by atoms with E-state index in [-0.39, 0.29) is 5.91 Å². The second kappa shape index (κ2) is 9.67. The third-order valence-electron chi connectivity index (χ3n) is 5.71. The van der Waals surface area contributed by atoms with E-state index in [1.807, 2.05) is 48.5 Å². The molecule has 0 radical (unpaired) electrons. The lowest BCUT2D eigenvalue weighted by atomic mass is 9.98. The van der Waals surface area contributed by atoms with Crippen molar-refractivity contribution in [3.05, 3.63) is 89.0 Å². The molecule has 0 atom stereocenters. The van der Waals surface area contributed by atoms with Gasteiger partial charge in [0.25, 0.3) is 0 Å². The Morgan fingerprint density at radius 2 is 1.94 bits per heavy atom. The predicted molar refractivity (Wildman–Crippen MR) is 122 cm³/mol. The third kappa shape index (κ3) is 5.44. The molecule has 0 saturated heterocycles. The number of benzene rings is 3. The van der Waals surface area contributed by atoms with E-state index in [0.29, 0.717) is 18.6 Å². The molecule has 0 unspecified atom stereocenters. The van der Waals surface area contributed by atoms with Crippen molar-refractivity contribution < 1.29 is 14.6 Å². The highest BCUT2D eigenvalue weighted by Gasteiger charge is 2.17. The van der Waals surface area contributed by atoms with Gasteiger partial charge in [0.15, 0.2) is 0 Å². The number of fused-ring (bicyclic) bond motifs is 1. The summed E-state index contributed by atoms with van der Waals surface area (Å²) in [5.41, 5.74) is 5.55. The smallest absolute Gasteiger partial charge is 0.224 e. The lowest BCUT2D eigenvalue weighted by Crippen LogP contribution is -2.30. The monoisotopic (exact) mass is 416 g/mol. The number of rotatable bonds is 7. The number of carbonyl (C=O) groups is 1. The van der Waals surface area contributed by atoms with Crippen molar-refractivity contribution >= 4 is 11.6 Å². The molecule has 160 valence electrons. The van der Waals surface area contributed by atoms with Gasteiger partial charge in [0.1, 0.15) is 11.5 Å². The van der Waals surface area contributed by atoms with E-state index in [1.165, 1.54) is 11.1 Å². The summed E-state index contributed by atoms with van der Waals surface area (Å²) in [6.07, 6.45) is 2.02. The summed E-state index contributed by atoms with van der Waals surface area (Å²) < 4.78 is 5.37. The van der Waals surface area contributed by atoms with Crippen molar-refractivity contribution in [3.8, 4) is 11.5 Å². The Hall–Kier alpha value is -3.31. The lowest BCUT2D eigenvalue weighted by molar-refractivity contribution is -0.116. The number of ether oxygens (including phenoxy) is 1. The molecule has 3 aromatic rings. The van der Waals surface area contributed by atoms with Gasteiger partial charge in [-0.2, -0.15) is 0 Å². The van der Waals surface area contributed by atoms with E-state index in [4.69, 9.17) is 4.74 Å². The van der Waals surface area contributed by atoms with Crippen LogP contribution in [0.15, 0.2) is 66.7 Å². The van der Waals surface area contributed by atoms with Crippen molar-refractivity contribution in [1.29, 1.82) is 0 Å². The van der Waals surface area contributed by atoms with Crippen LogP contribution in [0.1, 0.15) is 28.7 Å². The van der Waals surface area contributed by atoms with Crippen molar-refractivity contribution in [2.75, 3.05) is 19.0 Å². The molecule has 0 spiro atoms. The van der Waals surface area contributed by atoms with Crippen LogP contribution < -0.4 is 10.1 Å².